The predicted octanol–water partition coefficient (Wildman–Crippen LogP) is -2.07. The molecule has 0 aliphatic carbocycles. The molecule has 36 heavy (non-hydrogen) atoms. The van der Waals surface area contributed by atoms with Crippen molar-refractivity contribution < 1.29 is 57.1 Å². The minimum Gasteiger partial charge on any atom is -0.390 e. The van der Waals surface area contributed by atoms with Crippen molar-refractivity contribution in [2.45, 2.75) is 75.8 Å². The number of ether oxygens (including phenoxy) is 2. The van der Waals surface area contributed by atoms with Gasteiger partial charge in [-0.1, -0.05) is 0 Å². The summed E-state index contributed by atoms with van der Waals surface area (Å²) in [5, 5.41) is 30.2. The van der Waals surface area contributed by atoms with Gasteiger partial charge in [0.1, 0.15) is 24.5 Å². The van der Waals surface area contributed by atoms with Gasteiger partial charge < -0.3 is 40.3 Å². The van der Waals surface area contributed by atoms with E-state index in [1.807, 2.05) is 0 Å². The molecular weight excluding hydrogens is 532 g/mol. The highest BCUT2D eigenvalue weighted by molar-refractivity contribution is 7.61. The van der Waals surface area contributed by atoms with Crippen molar-refractivity contribution in [1.82, 2.24) is 9.55 Å². The first-order chi connectivity index (χ1) is 16.4. The average molecular weight is 561 g/mol. The number of aromatic nitrogens is 2. The molecule has 0 radical (unpaired) electrons. The summed E-state index contributed by atoms with van der Waals surface area (Å²) in [5.41, 5.74) is 3.20. The molecule has 8 N–H and O–H groups in total. The van der Waals surface area contributed by atoms with Gasteiger partial charge in [0.25, 0.3) is 5.56 Å². The van der Waals surface area contributed by atoms with Gasteiger partial charge in [0.15, 0.2) is 6.29 Å². The number of hydrogen-bond donors (Lipinski definition) is 7. The van der Waals surface area contributed by atoms with Crippen LogP contribution in [0, 0.1) is 6.92 Å². The molecular formula is C17H29N3O14P2. The Kier molecular flexibility index (Phi) is 8.50. The molecule has 0 aromatic carbocycles. The maximum absolute atomic E-state index is 12.3. The van der Waals surface area contributed by atoms with Gasteiger partial charge in [-0.3, -0.25) is 23.4 Å². The fourth-order valence-corrected chi connectivity index (χ4v) is 5.78. The summed E-state index contributed by atoms with van der Waals surface area (Å²) in [6, 6.07) is -1.09. The molecule has 0 amide bonds. The number of nitrogens with two attached hydrogens (primary N) is 1. The Hall–Kier alpha value is -1.30. The zero-order valence-electron chi connectivity index (χ0n) is 19.4. The standard InChI is InChI=1S/C17H29N3O14P2/c1-7-5-20(16(25)19-14(7)24)10-4-8(21)9(31-10)6-30-35(26,27)34-36(28,29)33-15-12(23)11(22)13(18)17(2,3)32-15/h5,8-13,15,21-23H,4,6,18H2,1-3H3,(H,26,27)(H,28,29)(H,19,24,25). The zero-order valence-corrected chi connectivity index (χ0v) is 21.2. The monoisotopic (exact) mass is 561 g/mol. The Morgan fingerprint density at radius 2 is 1.83 bits per heavy atom. The number of aryl methyl sites for hydroxylation is 1. The Labute approximate surface area is 203 Å². The van der Waals surface area contributed by atoms with Crippen LogP contribution in [0.2, 0.25) is 0 Å². The van der Waals surface area contributed by atoms with Crippen LogP contribution in [-0.4, -0.2) is 83.6 Å². The van der Waals surface area contributed by atoms with E-state index in [2.05, 4.69) is 18.3 Å². The van der Waals surface area contributed by atoms with E-state index >= 15 is 0 Å². The topological polar surface area (TPSA) is 262 Å². The van der Waals surface area contributed by atoms with E-state index in [1.54, 1.807) is 0 Å². The number of nitrogens with zero attached hydrogens (tertiary/aromatic N) is 1. The number of H-pyrrole nitrogens is 1. The summed E-state index contributed by atoms with van der Waals surface area (Å²) in [4.78, 5) is 45.4. The number of aliphatic hydroxyl groups excluding tert-OH is 3. The number of hydrogen-bond acceptors (Lipinski definition) is 13. The molecule has 19 heteroatoms. The summed E-state index contributed by atoms with van der Waals surface area (Å²) in [7, 11) is -10.8. The van der Waals surface area contributed by atoms with Crippen LogP contribution in [0.15, 0.2) is 15.8 Å². The van der Waals surface area contributed by atoms with Gasteiger partial charge in [0.05, 0.1) is 24.4 Å². The van der Waals surface area contributed by atoms with Crippen molar-refractivity contribution in [3.63, 3.8) is 0 Å². The molecule has 1 aromatic heterocycles. The molecule has 17 nitrogen and oxygen atoms in total. The fourth-order valence-electron chi connectivity index (χ4n) is 3.62. The van der Waals surface area contributed by atoms with Crippen LogP contribution in [0.3, 0.4) is 0 Å². The lowest BCUT2D eigenvalue weighted by Gasteiger charge is -2.45. The van der Waals surface area contributed by atoms with Gasteiger partial charge in [0, 0.05) is 18.2 Å². The SMILES string of the molecule is Cc1cn(C2CC(O)C(COP(=O)(O)OP(=O)(O)OC3OC(C)(C)C(N)C(O)C3O)O2)c(=O)[nH]c1=O. The van der Waals surface area contributed by atoms with Crippen LogP contribution >= 0.6 is 15.6 Å². The molecule has 2 saturated heterocycles. The minimum atomic E-state index is -5.43. The summed E-state index contributed by atoms with van der Waals surface area (Å²) in [6.07, 6.45) is -8.00. The van der Waals surface area contributed by atoms with Crippen LogP contribution in [0.25, 0.3) is 0 Å². The quantitative estimate of drug-likeness (QED) is 0.168. The second-order valence-electron chi connectivity index (χ2n) is 8.93. The number of phosphoric acid groups is 2. The summed E-state index contributed by atoms with van der Waals surface area (Å²) < 4.78 is 49.7. The smallest absolute Gasteiger partial charge is 0.390 e. The lowest BCUT2D eigenvalue weighted by Crippen LogP contribution is -2.65. The fraction of sp³-hybridized carbons (Fsp3) is 0.765. The lowest BCUT2D eigenvalue weighted by molar-refractivity contribution is -0.273. The number of rotatable bonds is 8. The van der Waals surface area contributed by atoms with E-state index in [9.17, 15) is 43.8 Å². The molecule has 9 unspecified atom stereocenters. The zero-order chi connectivity index (χ0) is 27.2. The first-order valence-corrected chi connectivity index (χ1v) is 13.6. The Balaban J connectivity index is 1.60. The first-order valence-electron chi connectivity index (χ1n) is 10.6. The third-order valence-corrected chi connectivity index (χ3v) is 8.33. The second-order valence-corrected chi connectivity index (χ2v) is 11.9. The number of aromatic amines is 1. The van der Waals surface area contributed by atoms with Crippen LogP contribution in [0.5, 0.6) is 0 Å². The second kappa shape index (κ2) is 10.5. The maximum Gasteiger partial charge on any atom is 0.483 e. The molecule has 3 heterocycles. The third kappa shape index (κ3) is 6.57. The highest BCUT2D eigenvalue weighted by atomic mass is 31.3. The largest absolute Gasteiger partial charge is 0.483 e. The van der Waals surface area contributed by atoms with Crippen molar-refractivity contribution in [2.75, 3.05) is 6.61 Å². The maximum atomic E-state index is 12.3. The summed E-state index contributed by atoms with van der Waals surface area (Å²) in [6.45, 7) is 3.46. The van der Waals surface area contributed by atoms with Gasteiger partial charge in [-0.15, -0.1) is 0 Å². The Morgan fingerprint density at radius 3 is 2.47 bits per heavy atom. The normalized spacial score (nSPS) is 35.8. The Morgan fingerprint density at radius 1 is 1.19 bits per heavy atom. The molecule has 206 valence electrons. The molecule has 2 aliphatic heterocycles. The van der Waals surface area contributed by atoms with E-state index in [4.69, 9.17) is 15.2 Å². The Bertz CT molecular complexity index is 1170. The number of phosphoric ester groups is 2. The highest BCUT2D eigenvalue weighted by Crippen LogP contribution is 2.61. The molecule has 0 bridgehead atoms. The molecule has 1 aromatic rings. The van der Waals surface area contributed by atoms with Crippen LogP contribution < -0.4 is 17.0 Å². The van der Waals surface area contributed by atoms with E-state index in [0.29, 0.717) is 0 Å². The average Bonchev–Trinajstić information content (AvgIpc) is 3.11. The van der Waals surface area contributed by atoms with Crippen LogP contribution in [0.4, 0.5) is 0 Å². The van der Waals surface area contributed by atoms with Crippen molar-refractivity contribution in [3.8, 4) is 0 Å². The molecule has 2 aliphatic rings. The van der Waals surface area contributed by atoms with Crippen molar-refractivity contribution in [2.24, 2.45) is 5.73 Å². The van der Waals surface area contributed by atoms with Crippen molar-refractivity contribution in [1.29, 1.82) is 0 Å². The first kappa shape index (κ1) is 29.3. The third-order valence-electron chi connectivity index (χ3n) is 5.73. The molecule has 0 saturated carbocycles. The van der Waals surface area contributed by atoms with Gasteiger partial charge in [0.2, 0.25) is 0 Å². The minimum absolute atomic E-state index is 0.144. The van der Waals surface area contributed by atoms with Crippen molar-refractivity contribution in [3.05, 3.63) is 32.6 Å². The molecule has 9 atom stereocenters. The van der Waals surface area contributed by atoms with Gasteiger partial charge in [-0.05, 0) is 20.8 Å². The van der Waals surface area contributed by atoms with Crippen LogP contribution in [0.1, 0.15) is 32.1 Å². The number of nitrogens with one attached hydrogen (secondary N) is 1. The summed E-state index contributed by atoms with van der Waals surface area (Å²) in [5.74, 6) is 0. The lowest BCUT2D eigenvalue weighted by atomic mass is 9.88. The van der Waals surface area contributed by atoms with E-state index in [-0.39, 0.29) is 12.0 Å². The van der Waals surface area contributed by atoms with Gasteiger partial charge in [-0.2, -0.15) is 4.31 Å². The number of aliphatic hydroxyl groups is 3. The highest BCUT2D eigenvalue weighted by Gasteiger charge is 2.51. The van der Waals surface area contributed by atoms with Crippen molar-refractivity contribution >= 4 is 15.6 Å². The van der Waals surface area contributed by atoms with E-state index in [0.717, 1.165) is 4.57 Å². The van der Waals surface area contributed by atoms with Gasteiger partial charge in [-0.25, -0.2) is 13.9 Å². The van der Waals surface area contributed by atoms with E-state index in [1.165, 1.54) is 27.0 Å². The summed E-state index contributed by atoms with van der Waals surface area (Å²) >= 11 is 0. The van der Waals surface area contributed by atoms with Crippen LogP contribution in [-0.2, 0) is 32.0 Å². The van der Waals surface area contributed by atoms with E-state index < -0.39 is 82.1 Å². The molecule has 3 rings (SSSR count). The van der Waals surface area contributed by atoms with Gasteiger partial charge >= 0.3 is 21.3 Å². The molecule has 2 fully saturated rings. The molecule has 0 spiro atoms. The predicted molar refractivity (Wildman–Crippen MR) is 117 cm³/mol.